The van der Waals surface area contributed by atoms with Crippen LogP contribution in [0.25, 0.3) is 0 Å². The van der Waals surface area contributed by atoms with Crippen LogP contribution in [0.2, 0.25) is 0 Å². The van der Waals surface area contributed by atoms with Gasteiger partial charge in [0, 0.05) is 11.6 Å². The molecule has 0 aliphatic rings. The number of hydrogen-bond donors (Lipinski definition) is 1. The molecule has 0 unspecified atom stereocenters. The molecule has 5 nitrogen and oxygen atoms in total. The van der Waals surface area contributed by atoms with Crippen molar-refractivity contribution in [3.8, 4) is 0 Å². The molecule has 1 N–H and O–H groups in total. The summed E-state index contributed by atoms with van der Waals surface area (Å²) >= 11 is 0. The third-order valence-electron chi connectivity index (χ3n) is 5.43. The first-order valence-corrected chi connectivity index (χ1v) is 13.2. The molecule has 0 bridgehead atoms. The molecule has 0 radical (unpaired) electrons. The summed E-state index contributed by atoms with van der Waals surface area (Å²) in [6, 6.07) is 41.2. The standard InChI is InChI=1S/C26H22OP.C4H4O4/c27-26(22-13-5-1-6-14-22)21-28(23-15-7-2-8-16-23,24-17-9-3-10-18-24)25-19-11-4-12-20-25;5-3(6)1-2-4(7)8/h1-20H,21H2;1-2H,(H,5,6)(H,7,8)/q+1;/p-1/b;2-1-. The largest absolute Gasteiger partial charge is 0.545 e. The van der Waals surface area contributed by atoms with Crippen molar-refractivity contribution in [1.29, 1.82) is 0 Å². The van der Waals surface area contributed by atoms with Gasteiger partial charge in [0.05, 0.1) is 5.97 Å². The van der Waals surface area contributed by atoms with Crippen LogP contribution in [0.1, 0.15) is 10.4 Å². The van der Waals surface area contributed by atoms with Gasteiger partial charge >= 0.3 is 5.97 Å². The fourth-order valence-electron chi connectivity index (χ4n) is 3.84. The molecule has 0 saturated carbocycles. The number of carbonyl (C=O) groups is 3. The molecule has 4 aromatic carbocycles. The van der Waals surface area contributed by atoms with Gasteiger partial charge < -0.3 is 15.0 Å². The van der Waals surface area contributed by atoms with E-state index in [-0.39, 0.29) is 5.78 Å². The zero-order valence-corrected chi connectivity index (χ0v) is 20.3. The number of Topliss-reactive ketones (excluding diaryl/α,β-unsaturated/α-hetero) is 1. The van der Waals surface area contributed by atoms with Gasteiger partial charge in [-0.1, -0.05) is 84.9 Å². The van der Waals surface area contributed by atoms with Gasteiger partial charge in [-0.3, -0.25) is 4.79 Å². The second kappa shape index (κ2) is 12.9. The zero-order chi connectivity index (χ0) is 25.8. The average molecular weight is 496 g/mol. The fourth-order valence-corrected chi connectivity index (χ4v) is 7.94. The van der Waals surface area contributed by atoms with Crippen molar-refractivity contribution < 1.29 is 24.6 Å². The Balaban J connectivity index is 0.000000392. The molecule has 0 heterocycles. The van der Waals surface area contributed by atoms with Crippen molar-refractivity contribution in [1.82, 2.24) is 0 Å². The quantitative estimate of drug-likeness (QED) is 0.230. The Labute approximate surface area is 210 Å². The molecule has 4 rings (SSSR count). The Morgan fingerprint density at radius 3 is 1.28 bits per heavy atom. The maximum absolute atomic E-state index is 13.4. The third-order valence-corrected chi connectivity index (χ3v) is 9.73. The van der Waals surface area contributed by atoms with E-state index in [4.69, 9.17) is 5.11 Å². The highest BCUT2D eigenvalue weighted by atomic mass is 31.2. The Morgan fingerprint density at radius 2 is 0.972 bits per heavy atom. The van der Waals surface area contributed by atoms with E-state index in [0.717, 1.165) is 5.56 Å². The van der Waals surface area contributed by atoms with E-state index in [0.29, 0.717) is 18.3 Å². The molecule has 36 heavy (non-hydrogen) atoms. The first-order valence-electron chi connectivity index (χ1n) is 11.2. The number of benzene rings is 4. The Morgan fingerprint density at radius 1 is 0.611 bits per heavy atom. The van der Waals surface area contributed by atoms with Crippen molar-refractivity contribution in [2.45, 2.75) is 0 Å². The first kappa shape index (κ1) is 26.3. The fraction of sp³-hybridized carbons (Fsp3) is 0.0333. The first-order chi connectivity index (χ1) is 17.4. The van der Waals surface area contributed by atoms with Gasteiger partial charge in [0.15, 0.2) is 0 Å². The van der Waals surface area contributed by atoms with E-state index in [1.54, 1.807) is 0 Å². The summed E-state index contributed by atoms with van der Waals surface area (Å²) in [4.78, 5) is 32.4. The van der Waals surface area contributed by atoms with Gasteiger partial charge in [-0.05, 0) is 42.5 Å². The second-order valence-corrected chi connectivity index (χ2v) is 11.2. The molecule has 0 aliphatic heterocycles. The number of carbonyl (C=O) groups excluding carboxylic acids is 2. The second-order valence-electron chi connectivity index (χ2n) is 7.75. The minimum absolute atomic E-state index is 0.186. The van der Waals surface area contributed by atoms with Crippen molar-refractivity contribution >= 4 is 40.9 Å². The molecule has 6 heteroatoms. The number of ketones is 1. The van der Waals surface area contributed by atoms with E-state index < -0.39 is 19.2 Å². The van der Waals surface area contributed by atoms with Crippen molar-refractivity contribution in [3.63, 3.8) is 0 Å². The van der Waals surface area contributed by atoms with E-state index in [9.17, 15) is 19.5 Å². The van der Waals surface area contributed by atoms with E-state index in [2.05, 4.69) is 72.8 Å². The van der Waals surface area contributed by atoms with Crippen LogP contribution in [0.5, 0.6) is 0 Å². The lowest BCUT2D eigenvalue weighted by Gasteiger charge is -2.27. The van der Waals surface area contributed by atoms with Crippen molar-refractivity contribution in [2.75, 3.05) is 6.16 Å². The third kappa shape index (κ3) is 6.84. The minimum atomic E-state index is -2.12. The van der Waals surface area contributed by atoms with Crippen LogP contribution in [-0.4, -0.2) is 29.0 Å². The zero-order valence-electron chi connectivity index (χ0n) is 19.4. The van der Waals surface area contributed by atoms with Crippen LogP contribution in [-0.2, 0) is 9.59 Å². The molecule has 4 aromatic rings. The summed E-state index contributed by atoms with van der Waals surface area (Å²) < 4.78 is 0. The number of rotatable bonds is 8. The molecule has 0 amide bonds. The van der Waals surface area contributed by atoms with E-state index in [1.807, 2.05) is 48.5 Å². The number of carboxylic acids is 2. The van der Waals surface area contributed by atoms with Crippen LogP contribution in [0.3, 0.4) is 0 Å². The molecule has 0 aromatic heterocycles. The van der Waals surface area contributed by atoms with E-state index >= 15 is 0 Å². The van der Waals surface area contributed by atoms with Crippen LogP contribution in [0.4, 0.5) is 0 Å². The van der Waals surface area contributed by atoms with Crippen molar-refractivity contribution in [3.05, 3.63) is 139 Å². The van der Waals surface area contributed by atoms with Crippen LogP contribution in [0, 0.1) is 0 Å². The predicted octanol–water partition coefficient (Wildman–Crippen LogP) is 3.24. The highest BCUT2D eigenvalue weighted by Crippen LogP contribution is 2.55. The number of hydrogen-bond acceptors (Lipinski definition) is 4. The Bertz CT molecular complexity index is 1190. The minimum Gasteiger partial charge on any atom is -0.545 e. The Hall–Kier alpha value is -4.34. The lowest BCUT2D eigenvalue weighted by atomic mass is 10.2. The highest BCUT2D eigenvalue weighted by molar-refractivity contribution is 7.96. The molecule has 0 spiro atoms. The van der Waals surface area contributed by atoms with Gasteiger partial charge in [-0.2, -0.15) is 0 Å². The lowest BCUT2D eigenvalue weighted by Crippen LogP contribution is -2.35. The maximum atomic E-state index is 13.4. The summed E-state index contributed by atoms with van der Waals surface area (Å²) in [5, 5.41) is 20.9. The van der Waals surface area contributed by atoms with Gasteiger partial charge in [-0.25, -0.2) is 4.79 Å². The topological polar surface area (TPSA) is 94.5 Å². The van der Waals surface area contributed by atoms with Crippen LogP contribution in [0.15, 0.2) is 133 Å². The van der Waals surface area contributed by atoms with Gasteiger partial charge in [0.1, 0.15) is 29.3 Å². The van der Waals surface area contributed by atoms with Gasteiger partial charge in [0.25, 0.3) is 0 Å². The lowest BCUT2D eigenvalue weighted by molar-refractivity contribution is -0.297. The molecular weight excluding hydrogens is 471 g/mol. The van der Waals surface area contributed by atoms with Gasteiger partial charge in [0.2, 0.25) is 5.78 Å². The summed E-state index contributed by atoms with van der Waals surface area (Å²) in [6.07, 6.45) is 1.42. The molecule has 0 atom stereocenters. The van der Waals surface area contributed by atoms with E-state index in [1.165, 1.54) is 15.9 Å². The number of aliphatic carboxylic acids is 2. The van der Waals surface area contributed by atoms with Crippen LogP contribution < -0.4 is 21.0 Å². The van der Waals surface area contributed by atoms with Crippen LogP contribution >= 0.6 is 7.26 Å². The summed E-state index contributed by atoms with van der Waals surface area (Å²) in [7, 11) is -2.12. The summed E-state index contributed by atoms with van der Waals surface area (Å²) in [6.45, 7) is 0. The Kier molecular flexibility index (Phi) is 9.44. The molecule has 0 aliphatic carbocycles. The molecule has 0 saturated heterocycles. The molecule has 180 valence electrons. The molecular formula is C30H25O5P. The van der Waals surface area contributed by atoms with Crippen molar-refractivity contribution in [2.24, 2.45) is 0 Å². The van der Waals surface area contributed by atoms with Gasteiger partial charge in [-0.15, -0.1) is 0 Å². The smallest absolute Gasteiger partial charge is 0.328 e. The summed E-state index contributed by atoms with van der Waals surface area (Å²) in [5.74, 6) is -2.62. The summed E-state index contributed by atoms with van der Waals surface area (Å²) in [5.41, 5.74) is 0.773. The monoisotopic (exact) mass is 496 g/mol. The highest BCUT2D eigenvalue weighted by Gasteiger charge is 2.47. The normalized spacial score (nSPS) is 10.8. The maximum Gasteiger partial charge on any atom is 0.328 e. The SMILES string of the molecule is O=C(C[P+](c1ccccc1)(c1ccccc1)c1ccccc1)c1ccccc1.O=C([O-])/C=C\C(=O)O. The average Bonchev–Trinajstić information content (AvgIpc) is 2.93. The predicted molar refractivity (Wildman–Crippen MR) is 143 cm³/mol. The molecule has 0 fully saturated rings. The number of carboxylic acid groups (broad SMARTS) is 2.